The van der Waals surface area contributed by atoms with E-state index in [1.807, 2.05) is 36.7 Å². The molecule has 10 rings (SSSR count). The van der Waals surface area contributed by atoms with E-state index in [9.17, 15) is 0 Å². The Morgan fingerprint density at radius 2 is 0.880 bits per heavy atom. The summed E-state index contributed by atoms with van der Waals surface area (Å²) in [6.45, 7) is 0. The van der Waals surface area contributed by atoms with Gasteiger partial charge in [-0.05, 0) is 88.3 Å². The fourth-order valence-corrected chi connectivity index (χ4v) is 7.09. The van der Waals surface area contributed by atoms with Crippen molar-refractivity contribution in [3.63, 3.8) is 0 Å². The second kappa shape index (κ2) is 11.4. The third-order valence-electron chi connectivity index (χ3n) is 9.68. The molecule has 0 atom stereocenters. The quantitative estimate of drug-likeness (QED) is 0.188. The Bertz CT molecular complexity index is 2750. The van der Waals surface area contributed by atoms with Crippen LogP contribution >= 0.6 is 0 Å². The SMILES string of the molecule is c1ccc2cc(-c3ccc(N(c4ccc(-c5cc6ccccc6cn5)cc4)c4ccc5cc6oc7ccccc7c6cc5c4)cc3)ncc2c1. The van der Waals surface area contributed by atoms with Gasteiger partial charge in [-0.15, -0.1) is 0 Å². The fourth-order valence-electron chi connectivity index (χ4n) is 7.09. The van der Waals surface area contributed by atoms with E-state index < -0.39 is 0 Å². The first kappa shape index (κ1) is 28.3. The average molecular weight is 640 g/mol. The molecule has 0 fully saturated rings. The molecule has 7 aromatic carbocycles. The minimum absolute atomic E-state index is 0.902. The molecular formula is C46H29N3O. The molecule has 0 saturated carbocycles. The first-order valence-electron chi connectivity index (χ1n) is 16.8. The normalized spacial score (nSPS) is 11.6. The van der Waals surface area contributed by atoms with Gasteiger partial charge in [0.1, 0.15) is 11.2 Å². The third kappa shape index (κ3) is 4.85. The highest BCUT2D eigenvalue weighted by molar-refractivity contribution is 6.10. The van der Waals surface area contributed by atoms with E-state index in [0.717, 1.165) is 83.1 Å². The van der Waals surface area contributed by atoms with Gasteiger partial charge in [-0.25, -0.2) is 0 Å². The van der Waals surface area contributed by atoms with Crippen LogP contribution in [-0.4, -0.2) is 9.97 Å². The van der Waals surface area contributed by atoms with E-state index >= 15 is 0 Å². The standard InChI is InChI=1S/C46H29N3O/c1-3-9-35-28-47-43(25-32(35)7-1)30-13-18-38(19-14-30)49(39-20-15-31(16-21-39)44-26-33-8-2-4-10-36(33)29-48-44)40-22-17-34-27-46-42(24-37(34)23-40)41-11-5-6-12-45(41)50-46/h1-29H. The van der Waals surface area contributed by atoms with Crippen LogP contribution in [0.4, 0.5) is 17.1 Å². The molecule has 0 bridgehead atoms. The van der Waals surface area contributed by atoms with Crippen LogP contribution in [0.2, 0.25) is 0 Å². The summed E-state index contributed by atoms with van der Waals surface area (Å²) in [5, 5.41) is 9.17. The molecule has 0 unspecified atom stereocenters. The first-order chi connectivity index (χ1) is 24.7. The van der Waals surface area contributed by atoms with Gasteiger partial charge in [-0.3, -0.25) is 9.97 Å². The van der Waals surface area contributed by atoms with Crippen LogP contribution in [0.25, 0.3) is 76.8 Å². The number of para-hydroxylation sites is 1. The Morgan fingerprint density at radius 3 is 1.50 bits per heavy atom. The summed E-state index contributed by atoms with van der Waals surface area (Å²) in [4.78, 5) is 11.9. The average Bonchev–Trinajstić information content (AvgIpc) is 3.54. The zero-order valence-electron chi connectivity index (χ0n) is 27.0. The van der Waals surface area contributed by atoms with Crippen LogP contribution in [0.15, 0.2) is 181 Å². The fraction of sp³-hybridized carbons (Fsp3) is 0. The minimum Gasteiger partial charge on any atom is -0.456 e. The number of fused-ring (bicyclic) bond motifs is 6. The molecule has 234 valence electrons. The van der Waals surface area contributed by atoms with Crippen LogP contribution < -0.4 is 4.90 Å². The van der Waals surface area contributed by atoms with Crippen molar-refractivity contribution in [2.75, 3.05) is 4.90 Å². The summed E-state index contributed by atoms with van der Waals surface area (Å²) in [6, 6.07) is 57.7. The van der Waals surface area contributed by atoms with E-state index in [2.05, 4.69) is 144 Å². The Balaban J connectivity index is 1.08. The molecule has 0 aliphatic heterocycles. The molecule has 50 heavy (non-hydrogen) atoms. The second-order valence-electron chi connectivity index (χ2n) is 12.7. The van der Waals surface area contributed by atoms with Gasteiger partial charge in [0.2, 0.25) is 0 Å². The van der Waals surface area contributed by atoms with E-state index in [4.69, 9.17) is 14.4 Å². The predicted octanol–water partition coefficient (Wildman–Crippen LogP) is 12.6. The summed E-state index contributed by atoms with van der Waals surface area (Å²) in [5.74, 6) is 0. The lowest BCUT2D eigenvalue weighted by atomic mass is 10.0. The minimum atomic E-state index is 0.902. The highest BCUT2D eigenvalue weighted by atomic mass is 16.3. The number of benzene rings is 7. The van der Waals surface area contributed by atoms with Crippen molar-refractivity contribution in [3.8, 4) is 22.5 Å². The van der Waals surface area contributed by atoms with E-state index in [1.54, 1.807) is 0 Å². The summed E-state index contributed by atoms with van der Waals surface area (Å²) >= 11 is 0. The Labute approximate surface area is 288 Å². The van der Waals surface area contributed by atoms with Gasteiger partial charge in [0.05, 0.1) is 11.4 Å². The van der Waals surface area contributed by atoms with Gasteiger partial charge in [-0.2, -0.15) is 0 Å². The van der Waals surface area contributed by atoms with Gasteiger partial charge >= 0.3 is 0 Å². The zero-order chi connectivity index (χ0) is 33.0. The van der Waals surface area contributed by atoms with Crippen molar-refractivity contribution in [2.24, 2.45) is 0 Å². The maximum atomic E-state index is 6.20. The molecule has 0 radical (unpaired) electrons. The summed E-state index contributed by atoms with van der Waals surface area (Å²) in [6.07, 6.45) is 3.90. The molecule has 4 heteroatoms. The smallest absolute Gasteiger partial charge is 0.136 e. The lowest BCUT2D eigenvalue weighted by Gasteiger charge is -2.26. The Kier molecular flexibility index (Phi) is 6.46. The summed E-state index contributed by atoms with van der Waals surface area (Å²) < 4.78 is 6.20. The van der Waals surface area contributed by atoms with Crippen molar-refractivity contribution in [1.82, 2.24) is 9.97 Å². The van der Waals surface area contributed by atoms with E-state index in [-0.39, 0.29) is 0 Å². The number of hydrogen-bond acceptors (Lipinski definition) is 4. The molecule has 3 aromatic heterocycles. The third-order valence-corrected chi connectivity index (χ3v) is 9.68. The lowest BCUT2D eigenvalue weighted by molar-refractivity contribution is 0.669. The van der Waals surface area contributed by atoms with Crippen molar-refractivity contribution in [1.29, 1.82) is 0 Å². The summed E-state index contributed by atoms with van der Waals surface area (Å²) in [7, 11) is 0. The van der Waals surface area contributed by atoms with Crippen molar-refractivity contribution >= 4 is 71.3 Å². The van der Waals surface area contributed by atoms with Gasteiger partial charge in [-0.1, -0.05) is 97.1 Å². The van der Waals surface area contributed by atoms with Crippen molar-refractivity contribution in [3.05, 3.63) is 176 Å². The molecule has 3 heterocycles. The van der Waals surface area contributed by atoms with Crippen molar-refractivity contribution < 1.29 is 4.42 Å². The van der Waals surface area contributed by atoms with Gasteiger partial charge in [0.15, 0.2) is 0 Å². The Hall–Kier alpha value is -6.78. The highest BCUT2D eigenvalue weighted by Crippen LogP contribution is 2.40. The molecule has 4 nitrogen and oxygen atoms in total. The van der Waals surface area contributed by atoms with Crippen LogP contribution in [0.5, 0.6) is 0 Å². The van der Waals surface area contributed by atoms with Gasteiger partial charge in [0.25, 0.3) is 0 Å². The summed E-state index contributed by atoms with van der Waals surface area (Å²) in [5.41, 5.74) is 9.04. The van der Waals surface area contributed by atoms with Gasteiger partial charge in [0, 0.05) is 62.1 Å². The number of furan rings is 1. The first-order valence-corrected chi connectivity index (χ1v) is 16.8. The molecule has 0 spiro atoms. The number of aromatic nitrogens is 2. The number of anilines is 3. The van der Waals surface area contributed by atoms with E-state index in [0.29, 0.717) is 0 Å². The topological polar surface area (TPSA) is 42.2 Å². The zero-order valence-corrected chi connectivity index (χ0v) is 27.0. The molecule has 0 aliphatic rings. The molecular weight excluding hydrogens is 611 g/mol. The number of nitrogens with zero attached hydrogens (tertiary/aromatic N) is 3. The van der Waals surface area contributed by atoms with Crippen LogP contribution in [0, 0.1) is 0 Å². The lowest BCUT2D eigenvalue weighted by Crippen LogP contribution is -2.10. The van der Waals surface area contributed by atoms with Crippen LogP contribution in [0.3, 0.4) is 0 Å². The highest BCUT2D eigenvalue weighted by Gasteiger charge is 2.16. The number of pyridine rings is 2. The largest absolute Gasteiger partial charge is 0.456 e. The number of rotatable bonds is 5. The maximum absolute atomic E-state index is 6.20. The Morgan fingerprint density at radius 1 is 0.360 bits per heavy atom. The predicted molar refractivity (Wildman–Crippen MR) is 207 cm³/mol. The molecule has 0 aliphatic carbocycles. The number of hydrogen-bond donors (Lipinski definition) is 0. The molecule has 10 aromatic rings. The monoisotopic (exact) mass is 639 g/mol. The molecule has 0 saturated heterocycles. The van der Waals surface area contributed by atoms with Crippen molar-refractivity contribution in [2.45, 2.75) is 0 Å². The van der Waals surface area contributed by atoms with Gasteiger partial charge < -0.3 is 9.32 Å². The van der Waals surface area contributed by atoms with Crippen LogP contribution in [0.1, 0.15) is 0 Å². The van der Waals surface area contributed by atoms with Crippen LogP contribution in [-0.2, 0) is 0 Å². The molecule has 0 amide bonds. The second-order valence-corrected chi connectivity index (χ2v) is 12.7. The maximum Gasteiger partial charge on any atom is 0.136 e. The molecule has 0 N–H and O–H groups in total. The van der Waals surface area contributed by atoms with E-state index in [1.165, 1.54) is 10.8 Å².